The zero-order valence-electron chi connectivity index (χ0n) is 8.17. The second-order valence-electron chi connectivity index (χ2n) is 3.31. The van der Waals surface area contributed by atoms with Gasteiger partial charge in [-0.3, -0.25) is 10.1 Å². The summed E-state index contributed by atoms with van der Waals surface area (Å²) in [6.07, 6.45) is 0. The van der Waals surface area contributed by atoms with Crippen molar-refractivity contribution in [1.82, 2.24) is 9.97 Å². The molecule has 2 rings (SSSR count). The Bertz CT molecular complexity index is 562. The fourth-order valence-electron chi connectivity index (χ4n) is 1.54. The van der Waals surface area contributed by atoms with E-state index in [0.29, 0.717) is 26.9 Å². The molecular formula is C9H8BrN3O2. The van der Waals surface area contributed by atoms with Crippen LogP contribution in [-0.2, 0) is 0 Å². The number of hydrogen-bond donors (Lipinski definition) is 1. The van der Waals surface area contributed by atoms with E-state index in [1.165, 1.54) is 0 Å². The summed E-state index contributed by atoms with van der Waals surface area (Å²) in [5, 5.41) is 10.9. The lowest BCUT2D eigenvalue weighted by atomic mass is 10.2. The summed E-state index contributed by atoms with van der Waals surface area (Å²) in [7, 11) is 0. The average Bonchev–Trinajstić information content (AvgIpc) is 2.46. The van der Waals surface area contributed by atoms with Crippen LogP contribution >= 0.6 is 15.9 Å². The minimum Gasteiger partial charge on any atom is -0.342 e. The first kappa shape index (κ1) is 10.1. The summed E-state index contributed by atoms with van der Waals surface area (Å²) in [5.41, 5.74) is 1.75. The van der Waals surface area contributed by atoms with E-state index in [9.17, 15) is 10.1 Å². The third-order valence-electron chi connectivity index (χ3n) is 2.24. The largest absolute Gasteiger partial charge is 0.342 e. The van der Waals surface area contributed by atoms with Gasteiger partial charge in [-0.05, 0) is 19.9 Å². The number of nitrogens with zero attached hydrogens (tertiary/aromatic N) is 2. The number of nitro groups is 1. The average molecular weight is 270 g/mol. The standard InChI is InChI=1S/C9H8BrN3O2/c1-4-6(10)3-7-8(9(4)13(14)15)12-5(2)11-7/h3H,1-2H3,(H,11,12). The van der Waals surface area contributed by atoms with Gasteiger partial charge in [0.05, 0.1) is 10.4 Å². The van der Waals surface area contributed by atoms with Gasteiger partial charge in [0.25, 0.3) is 0 Å². The molecule has 5 nitrogen and oxygen atoms in total. The minimum atomic E-state index is -0.400. The molecule has 0 aliphatic heterocycles. The number of aromatic amines is 1. The van der Waals surface area contributed by atoms with Crippen LogP contribution in [0.1, 0.15) is 11.4 Å². The van der Waals surface area contributed by atoms with Crippen LogP contribution < -0.4 is 0 Å². The Morgan fingerprint density at radius 2 is 2.20 bits per heavy atom. The number of hydrogen-bond acceptors (Lipinski definition) is 3. The minimum absolute atomic E-state index is 0.0590. The van der Waals surface area contributed by atoms with Gasteiger partial charge in [0.2, 0.25) is 0 Å². The van der Waals surface area contributed by atoms with E-state index >= 15 is 0 Å². The number of benzene rings is 1. The monoisotopic (exact) mass is 269 g/mol. The number of nitro benzene ring substituents is 1. The fraction of sp³-hybridized carbons (Fsp3) is 0.222. The molecule has 1 aromatic heterocycles. The Kier molecular flexibility index (Phi) is 2.22. The van der Waals surface area contributed by atoms with Crippen molar-refractivity contribution in [2.75, 3.05) is 0 Å². The molecule has 0 atom stereocenters. The normalized spacial score (nSPS) is 10.9. The topological polar surface area (TPSA) is 71.8 Å². The van der Waals surface area contributed by atoms with Crippen LogP contribution in [0.3, 0.4) is 0 Å². The molecule has 0 bridgehead atoms. The molecule has 1 N–H and O–H groups in total. The Hall–Kier alpha value is -1.43. The second-order valence-corrected chi connectivity index (χ2v) is 4.16. The quantitative estimate of drug-likeness (QED) is 0.639. The number of nitrogens with one attached hydrogen (secondary N) is 1. The van der Waals surface area contributed by atoms with Crippen molar-refractivity contribution in [2.45, 2.75) is 13.8 Å². The number of fused-ring (bicyclic) bond motifs is 1. The smallest absolute Gasteiger partial charge is 0.301 e. The van der Waals surface area contributed by atoms with Gasteiger partial charge in [-0.15, -0.1) is 0 Å². The van der Waals surface area contributed by atoms with E-state index in [4.69, 9.17) is 0 Å². The number of H-pyrrole nitrogens is 1. The van der Waals surface area contributed by atoms with Gasteiger partial charge in [-0.25, -0.2) is 4.98 Å². The number of halogens is 1. The summed E-state index contributed by atoms with van der Waals surface area (Å²) in [6, 6.07) is 1.80. The summed E-state index contributed by atoms with van der Waals surface area (Å²) in [5.74, 6) is 0.672. The number of imidazole rings is 1. The Labute approximate surface area is 93.8 Å². The first-order chi connectivity index (χ1) is 7.00. The summed E-state index contributed by atoms with van der Waals surface area (Å²) in [4.78, 5) is 17.6. The van der Waals surface area contributed by atoms with Gasteiger partial charge in [-0.1, -0.05) is 15.9 Å². The molecule has 0 aliphatic rings. The lowest BCUT2D eigenvalue weighted by molar-refractivity contribution is -0.383. The Morgan fingerprint density at radius 3 is 2.80 bits per heavy atom. The Balaban J connectivity index is 2.94. The number of aromatic nitrogens is 2. The predicted octanol–water partition coefficient (Wildman–Crippen LogP) is 2.85. The predicted molar refractivity (Wildman–Crippen MR) is 59.9 cm³/mol. The van der Waals surface area contributed by atoms with Gasteiger partial charge >= 0.3 is 5.69 Å². The van der Waals surface area contributed by atoms with E-state index in [0.717, 1.165) is 0 Å². The van der Waals surface area contributed by atoms with Gasteiger partial charge < -0.3 is 4.98 Å². The van der Waals surface area contributed by atoms with Crippen LogP contribution in [0.2, 0.25) is 0 Å². The molecule has 0 fully saturated rings. The van der Waals surface area contributed by atoms with Crippen LogP contribution in [0.25, 0.3) is 11.0 Å². The van der Waals surface area contributed by atoms with E-state index in [1.54, 1.807) is 19.9 Å². The molecule has 1 aromatic carbocycles. The van der Waals surface area contributed by atoms with Crippen molar-refractivity contribution in [3.05, 3.63) is 32.0 Å². The molecule has 2 aromatic rings. The molecule has 6 heteroatoms. The molecule has 0 spiro atoms. The zero-order chi connectivity index (χ0) is 11.2. The van der Waals surface area contributed by atoms with Gasteiger partial charge in [0.1, 0.15) is 5.82 Å². The van der Waals surface area contributed by atoms with Crippen molar-refractivity contribution in [3.63, 3.8) is 0 Å². The van der Waals surface area contributed by atoms with Gasteiger partial charge in [0, 0.05) is 10.0 Å². The van der Waals surface area contributed by atoms with Gasteiger partial charge in [-0.2, -0.15) is 0 Å². The van der Waals surface area contributed by atoms with E-state index in [1.807, 2.05) is 0 Å². The van der Waals surface area contributed by atoms with E-state index in [2.05, 4.69) is 25.9 Å². The summed E-state index contributed by atoms with van der Waals surface area (Å²) in [6.45, 7) is 3.47. The number of rotatable bonds is 1. The molecule has 0 saturated heterocycles. The molecule has 0 unspecified atom stereocenters. The molecule has 1 heterocycles. The molecule has 15 heavy (non-hydrogen) atoms. The maximum Gasteiger partial charge on any atom is 0.301 e. The zero-order valence-corrected chi connectivity index (χ0v) is 9.75. The second kappa shape index (κ2) is 3.30. The van der Waals surface area contributed by atoms with Gasteiger partial charge in [0.15, 0.2) is 5.52 Å². The van der Waals surface area contributed by atoms with Crippen LogP contribution in [0.4, 0.5) is 5.69 Å². The molecule has 78 valence electrons. The maximum absolute atomic E-state index is 10.9. The maximum atomic E-state index is 10.9. The SMILES string of the molecule is Cc1nc2c([N+](=O)[O-])c(C)c(Br)cc2[nH]1. The number of aryl methyl sites for hydroxylation is 1. The highest BCUT2D eigenvalue weighted by Gasteiger charge is 2.21. The molecule has 0 radical (unpaired) electrons. The van der Waals surface area contributed by atoms with E-state index < -0.39 is 4.92 Å². The highest BCUT2D eigenvalue weighted by atomic mass is 79.9. The fourth-order valence-corrected chi connectivity index (χ4v) is 1.96. The van der Waals surface area contributed by atoms with Crippen LogP contribution in [0.5, 0.6) is 0 Å². The lowest BCUT2D eigenvalue weighted by Gasteiger charge is -2.00. The van der Waals surface area contributed by atoms with Crippen molar-refractivity contribution >= 4 is 32.7 Å². The highest BCUT2D eigenvalue weighted by Crippen LogP contribution is 2.33. The first-order valence-electron chi connectivity index (χ1n) is 4.30. The molecule has 0 aliphatic carbocycles. The van der Waals surface area contributed by atoms with E-state index in [-0.39, 0.29) is 5.69 Å². The molecular weight excluding hydrogens is 262 g/mol. The van der Waals surface area contributed by atoms with Crippen LogP contribution in [0, 0.1) is 24.0 Å². The summed E-state index contributed by atoms with van der Waals surface area (Å²) < 4.78 is 0.713. The van der Waals surface area contributed by atoms with Crippen molar-refractivity contribution in [1.29, 1.82) is 0 Å². The van der Waals surface area contributed by atoms with Crippen molar-refractivity contribution in [2.24, 2.45) is 0 Å². The summed E-state index contributed by atoms with van der Waals surface area (Å²) >= 11 is 3.29. The van der Waals surface area contributed by atoms with Crippen molar-refractivity contribution < 1.29 is 4.92 Å². The van der Waals surface area contributed by atoms with Crippen molar-refractivity contribution in [3.8, 4) is 0 Å². The third kappa shape index (κ3) is 1.50. The first-order valence-corrected chi connectivity index (χ1v) is 5.10. The molecule has 0 saturated carbocycles. The third-order valence-corrected chi connectivity index (χ3v) is 3.07. The molecule has 0 amide bonds. The Morgan fingerprint density at radius 1 is 1.53 bits per heavy atom. The van der Waals surface area contributed by atoms with Crippen LogP contribution in [-0.4, -0.2) is 14.9 Å². The van der Waals surface area contributed by atoms with Crippen LogP contribution in [0.15, 0.2) is 10.5 Å². The lowest BCUT2D eigenvalue weighted by Crippen LogP contribution is -1.94. The highest BCUT2D eigenvalue weighted by molar-refractivity contribution is 9.10.